The summed E-state index contributed by atoms with van der Waals surface area (Å²) >= 11 is 0. The molecule has 2 aliphatic rings. The van der Waals surface area contributed by atoms with E-state index in [-0.39, 0.29) is 11.7 Å². The second-order valence-electron chi connectivity index (χ2n) is 6.36. The van der Waals surface area contributed by atoms with Crippen LogP contribution in [0.1, 0.15) is 36.3 Å². The van der Waals surface area contributed by atoms with Gasteiger partial charge in [-0.05, 0) is 49.3 Å². The first-order chi connectivity index (χ1) is 10.2. The molecule has 0 unspecified atom stereocenters. The molecule has 0 radical (unpaired) electrons. The maximum atomic E-state index is 13.2. The molecule has 1 aliphatic heterocycles. The molecule has 2 atom stereocenters. The topological polar surface area (TPSA) is 49.0 Å². The highest BCUT2D eigenvalue weighted by molar-refractivity contribution is 5.94. The van der Waals surface area contributed by atoms with Gasteiger partial charge in [-0.25, -0.2) is 9.37 Å². The molecule has 1 aromatic heterocycles. The summed E-state index contributed by atoms with van der Waals surface area (Å²) in [4.78, 5) is 21.8. The number of nitrogens with zero attached hydrogens (tertiary/aromatic N) is 2. The van der Waals surface area contributed by atoms with Crippen LogP contribution >= 0.6 is 0 Å². The molecule has 4 rings (SSSR count). The fourth-order valence-corrected chi connectivity index (χ4v) is 3.83. The number of hydrogen-bond acceptors (Lipinski definition) is 2. The molecule has 1 N–H and O–H groups in total. The number of rotatable bonds is 1. The first kappa shape index (κ1) is 12.8. The molecule has 1 aromatic carbocycles. The van der Waals surface area contributed by atoms with Gasteiger partial charge in [-0.3, -0.25) is 4.79 Å². The van der Waals surface area contributed by atoms with Crippen LogP contribution in [-0.4, -0.2) is 33.9 Å². The minimum absolute atomic E-state index is 0.0526. The van der Waals surface area contributed by atoms with Crippen LogP contribution < -0.4 is 0 Å². The van der Waals surface area contributed by atoms with Crippen LogP contribution in [0.3, 0.4) is 0 Å². The SMILES string of the molecule is O=C(c1nc2ccc(F)cc2[nH]1)N1C[C@@H]2CCC[C@H](C2)C1. The summed E-state index contributed by atoms with van der Waals surface area (Å²) in [6.07, 6.45) is 5.01. The molecule has 1 aliphatic carbocycles. The van der Waals surface area contributed by atoms with E-state index in [1.807, 2.05) is 4.90 Å². The number of halogens is 1. The van der Waals surface area contributed by atoms with Crippen LogP contribution in [0, 0.1) is 17.7 Å². The molecule has 5 heteroatoms. The van der Waals surface area contributed by atoms with Gasteiger partial charge >= 0.3 is 0 Å². The van der Waals surface area contributed by atoms with Gasteiger partial charge in [0.25, 0.3) is 5.91 Å². The Balaban J connectivity index is 1.60. The van der Waals surface area contributed by atoms with E-state index in [0.29, 0.717) is 28.7 Å². The van der Waals surface area contributed by atoms with Gasteiger partial charge < -0.3 is 9.88 Å². The predicted molar refractivity (Wildman–Crippen MR) is 77.4 cm³/mol. The van der Waals surface area contributed by atoms with E-state index in [4.69, 9.17) is 0 Å². The molecule has 2 heterocycles. The van der Waals surface area contributed by atoms with Crippen molar-refractivity contribution in [3.63, 3.8) is 0 Å². The Bertz CT molecular complexity index is 684. The zero-order valence-electron chi connectivity index (χ0n) is 11.8. The highest BCUT2D eigenvalue weighted by Crippen LogP contribution is 2.34. The van der Waals surface area contributed by atoms with Gasteiger partial charge in [0.2, 0.25) is 0 Å². The molecule has 2 aromatic rings. The number of imidazole rings is 1. The Kier molecular flexibility index (Phi) is 2.94. The van der Waals surface area contributed by atoms with E-state index in [9.17, 15) is 9.18 Å². The van der Waals surface area contributed by atoms with Crippen molar-refractivity contribution in [1.82, 2.24) is 14.9 Å². The number of H-pyrrole nitrogens is 1. The third kappa shape index (κ3) is 2.30. The molecule has 1 saturated carbocycles. The number of benzene rings is 1. The maximum absolute atomic E-state index is 13.2. The van der Waals surface area contributed by atoms with Crippen molar-refractivity contribution in [1.29, 1.82) is 0 Å². The average Bonchev–Trinajstić information content (AvgIpc) is 2.89. The van der Waals surface area contributed by atoms with Gasteiger partial charge in [-0.2, -0.15) is 0 Å². The normalized spacial score (nSPS) is 25.3. The molecule has 2 fully saturated rings. The van der Waals surface area contributed by atoms with Gasteiger partial charge in [0.05, 0.1) is 11.0 Å². The van der Waals surface area contributed by atoms with E-state index in [2.05, 4.69) is 9.97 Å². The number of likely N-dealkylation sites (tertiary alicyclic amines) is 1. The Morgan fingerprint density at radius 1 is 1.29 bits per heavy atom. The molecule has 1 saturated heterocycles. The van der Waals surface area contributed by atoms with E-state index >= 15 is 0 Å². The summed E-state index contributed by atoms with van der Waals surface area (Å²) in [6, 6.07) is 4.34. The van der Waals surface area contributed by atoms with Crippen molar-refractivity contribution >= 4 is 16.9 Å². The molecular weight excluding hydrogens is 269 g/mol. The third-order valence-electron chi connectivity index (χ3n) is 4.78. The van der Waals surface area contributed by atoms with Crippen molar-refractivity contribution in [2.45, 2.75) is 25.7 Å². The average molecular weight is 287 g/mol. The van der Waals surface area contributed by atoms with Gasteiger partial charge in [-0.1, -0.05) is 6.42 Å². The Hall–Kier alpha value is -1.91. The maximum Gasteiger partial charge on any atom is 0.289 e. The highest BCUT2D eigenvalue weighted by atomic mass is 19.1. The Morgan fingerprint density at radius 2 is 2.05 bits per heavy atom. The summed E-state index contributed by atoms with van der Waals surface area (Å²) in [5.74, 6) is 1.24. The van der Waals surface area contributed by atoms with Crippen LogP contribution in [0.5, 0.6) is 0 Å². The zero-order valence-corrected chi connectivity index (χ0v) is 11.8. The van der Waals surface area contributed by atoms with Crippen molar-refractivity contribution in [2.24, 2.45) is 11.8 Å². The largest absolute Gasteiger partial charge is 0.335 e. The second-order valence-corrected chi connectivity index (χ2v) is 6.36. The molecule has 2 bridgehead atoms. The number of carbonyl (C=O) groups excluding carboxylic acids is 1. The minimum Gasteiger partial charge on any atom is -0.335 e. The summed E-state index contributed by atoms with van der Waals surface area (Å²) in [7, 11) is 0. The van der Waals surface area contributed by atoms with Crippen LogP contribution in [0.4, 0.5) is 4.39 Å². The lowest BCUT2D eigenvalue weighted by atomic mass is 9.78. The third-order valence-corrected chi connectivity index (χ3v) is 4.78. The predicted octanol–water partition coefficient (Wildman–Crippen LogP) is 2.96. The number of fused-ring (bicyclic) bond motifs is 3. The lowest BCUT2D eigenvalue weighted by Gasteiger charge is -2.41. The Labute approximate surface area is 122 Å². The number of carbonyl (C=O) groups is 1. The quantitative estimate of drug-likeness (QED) is 0.876. The fourth-order valence-electron chi connectivity index (χ4n) is 3.83. The zero-order chi connectivity index (χ0) is 14.4. The first-order valence-corrected chi connectivity index (χ1v) is 7.63. The van der Waals surface area contributed by atoms with Gasteiger partial charge in [-0.15, -0.1) is 0 Å². The number of hydrogen-bond donors (Lipinski definition) is 1. The van der Waals surface area contributed by atoms with Crippen molar-refractivity contribution in [3.8, 4) is 0 Å². The van der Waals surface area contributed by atoms with Crippen molar-refractivity contribution < 1.29 is 9.18 Å². The minimum atomic E-state index is -0.322. The van der Waals surface area contributed by atoms with Gasteiger partial charge in [0.1, 0.15) is 5.82 Å². The summed E-state index contributed by atoms with van der Waals surface area (Å²) in [5.41, 5.74) is 1.22. The molecular formula is C16H18FN3O. The molecule has 21 heavy (non-hydrogen) atoms. The lowest BCUT2D eigenvalue weighted by Crippen LogP contribution is -2.46. The number of piperidine rings is 1. The number of amides is 1. The smallest absolute Gasteiger partial charge is 0.289 e. The lowest BCUT2D eigenvalue weighted by molar-refractivity contribution is 0.0494. The number of aromatic amines is 1. The van der Waals surface area contributed by atoms with Crippen molar-refractivity contribution in [3.05, 3.63) is 29.8 Å². The highest BCUT2D eigenvalue weighted by Gasteiger charge is 2.33. The van der Waals surface area contributed by atoms with Crippen molar-refractivity contribution in [2.75, 3.05) is 13.1 Å². The Morgan fingerprint density at radius 3 is 2.81 bits per heavy atom. The molecule has 110 valence electrons. The van der Waals surface area contributed by atoms with Crippen LogP contribution in [-0.2, 0) is 0 Å². The van der Waals surface area contributed by atoms with Crippen LogP contribution in [0.2, 0.25) is 0 Å². The molecule has 4 nitrogen and oxygen atoms in total. The van der Waals surface area contributed by atoms with E-state index in [0.717, 1.165) is 13.1 Å². The summed E-state index contributed by atoms with van der Waals surface area (Å²) < 4.78 is 13.2. The number of aromatic nitrogens is 2. The molecule has 1 amide bonds. The molecule has 0 spiro atoms. The first-order valence-electron chi connectivity index (χ1n) is 7.63. The van der Waals surface area contributed by atoms with Crippen LogP contribution in [0.15, 0.2) is 18.2 Å². The fraction of sp³-hybridized carbons (Fsp3) is 0.500. The van der Waals surface area contributed by atoms with E-state index in [1.165, 1.54) is 37.8 Å². The van der Waals surface area contributed by atoms with Gasteiger partial charge in [0.15, 0.2) is 5.82 Å². The van der Waals surface area contributed by atoms with E-state index in [1.54, 1.807) is 6.07 Å². The monoisotopic (exact) mass is 287 g/mol. The van der Waals surface area contributed by atoms with Gasteiger partial charge in [0, 0.05) is 13.1 Å². The van der Waals surface area contributed by atoms with E-state index < -0.39 is 0 Å². The summed E-state index contributed by atoms with van der Waals surface area (Å²) in [6.45, 7) is 1.67. The van der Waals surface area contributed by atoms with Crippen LogP contribution in [0.25, 0.3) is 11.0 Å². The summed E-state index contributed by atoms with van der Waals surface area (Å²) in [5, 5.41) is 0. The standard InChI is InChI=1S/C16H18FN3O/c17-12-4-5-13-14(7-12)19-15(18-13)16(21)20-8-10-2-1-3-11(6-10)9-20/h4-5,7,10-11H,1-3,6,8-9H2,(H,18,19)/t10-,11-/m1/s1. The number of nitrogens with one attached hydrogen (secondary N) is 1. The second kappa shape index (κ2) is 4.83.